The fourth-order valence-electron chi connectivity index (χ4n) is 3.20. The van der Waals surface area contributed by atoms with Crippen molar-refractivity contribution in [3.05, 3.63) is 0 Å². The molecule has 1 atom stereocenters. The molecule has 150 valence electrons. The Labute approximate surface area is 155 Å². The molecule has 0 aliphatic heterocycles. The fourth-order valence-corrected chi connectivity index (χ4v) is 3.20. The van der Waals surface area contributed by atoms with Crippen molar-refractivity contribution in [2.75, 3.05) is 0 Å². The van der Waals surface area contributed by atoms with Crippen LogP contribution in [0.1, 0.15) is 113 Å². The van der Waals surface area contributed by atoms with Crippen LogP contribution < -0.4 is 0 Å². The maximum absolute atomic E-state index is 6.00. The molecule has 0 aromatic rings. The zero-order chi connectivity index (χ0) is 19.0. The van der Waals surface area contributed by atoms with Crippen LogP contribution in [0.25, 0.3) is 0 Å². The Morgan fingerprint density at radius 1 is 0.840 bits per heavy atom. The lowest BCUT2D eigenvalue weighted by atomic mass is 9.85. The van der Waals surface area contributed by atoms with Crippen molar-refractivity contribution in [3.63, 3.8) is 0 Å². The normalized spacial score (nSPS) is 21.5. The highest BCUT2D eigenvalue weighted by Gasteiger charge is 2.46. The van der Waals surface area contributed by atoms with Crippen LogP contribution in [-0.2, 0) is 19.6 Å². The Kier molecular flexibility index (Phi) is 9.38. The van der Waals surface area contributed by atoms with Crippen LogP contribution in [0, 0.1) is 5.92 Å². The van der Waals surface area contributed by atoms with Gasteiger partial charge in [-0.1, -0.05) is 52.9 Å². The van der Waals surface area contributed by atoms with Gasteiger partial charge in [0.15, 0.2) is 0 Å². The molecular formula is C21H42O4. The third-order valence-corrected chi connectivity index (χ3v) is 5.24. The zero-order valence-electron chi connectivity index (χ0n) is 17.8. The third-order valence-electron chi connectivity index (χ3n) is 5.24. The topological polar surface area (TPSA) is 36.9 Å². The molecule has 0 aromatic carbocycles. The lowest BCUT2D eigenvalue weighted by Crippen LogP contribution is -2.48. The first kappa shape index (κ1) is 22.9. The first-order chi connectivity index (χ1) is 11.7. The van der Waals surface area contributed by atoms with Gasteiger partial charge in [-0.25, -0.2) is 9.78 Å². The molecule has 0 bridgehead atoms. The van der Waals surface area contributed by atoms with E-state index in [1.54, 1.807) is 0 Å². The summed E-state index contributed by atoms with van der Waals surface area (Å²) in [6, 6.07) is 0. The molecular weight excluding hydrogens is 316 g/mol. The summed E-state index contributed by atoms with van der Waals surface area (Å²) in [5, 5.41) is 0. The van der Waals surface area contributed by atoms with Crippen molar-refractivity contribution >= 4 is 0 Å². The Balaban J connectivity index is 2.71. The number of hydrogen-bond donors (Lipinski definition) is 0. The van der Waals surface area contributed by atoms with E-state index in [2.05, 4.69) is 48.5 Å². The van der Waals surface area contributed by atoms with Gasteiger partial charge in [-0.15, -0.1) is 0 Å². The van der Waals surface area contributed by atoms with Crippen molar-refractivity contribution < 1.29 is 19.6 Å². The van der Waals surface area contributed by atoms with E-state index in [1.165, 1.54) is 6.42 Å². The summed E-state index contributed by atoms with van der Waals surface area (Å²) in [6.07, 6.45) is 10.6. The summed E-state index contributed by atoms with van der Waals surface area (Å²) in [5.74, 6) is -0.559. The molecule has 25 heavy (non-hydrogen) atoms. The monoisotopic (exact) mass is 358 g/mol. The SMILES string of the molecule is CCCCC(C)(C)OOC1(OOC(C)(C)CCCC)CCCCC1C. The second-order valence-electron chi connectivity index (χ2n) is 9.02. The van der Waals surface area contributed by atoms with Gasteiger partial charge in [0.25, 0.3) is 0 Å². The van der Waals surface area contributed by atoms with Gasteiger partial charge in [0, 0.05) is 12.3 Å². The van der Waals surface area contributed by atoms with Crippen LogP contribution in [0.2, 0.25) is 0 Å². The van der Waals surface area contributed by atoms with Gasteiger partial charge in [-0.2, -0.15) is 9.78 Å². The Morgan fingerprint density at radius 2 is 1.32 bits per heavy atom. The largest absolute Gasteiger partial charge is 0.236 e. The second-order valence-corrected chi connectivity index (χ2v) is 9.02. The summed E-state index contributed by atoms with van der Waals surface area (Å²) in [7, 11) is 0. The van der Waals surface area contributed by atoms with Crippen molar-refractivity contribution in [2.24, 2.45) is 5.92 Å². The minimum absolute atomic E-state index is 0.241. The number of unbranched alkanes of at least 4 members (excludes halogenated alkanes) is 2. The number of hydrogen-bond acceptors (Lipinski definition) is 4. The van der Waals surface area contributed by atoms with Gasteiger partial charge in [0.1, 0.15) is 0 Å². The van der Waals surface area contributed by atoms with E-state index in [0.29, 0.717) is 0 Å². The second kappa shape index (κ2) is 10.2. The Bertz CT molecular complexity index is 341. The molecule has 1 rings (SSSR count). The molecule has 4 nitrogen and oxygen atoms in total. The van der Waals surface area contributed by atoms with Crippen LogP contribution in [0.15, 0.2) is 0 Å². The van der Waals surface area contributed by atoms with Gasteiger partial charge < -0.3 is 0 Å². The van der Waals surface area contributed by atoms with Gasteiger partial charge >= 0.3 is 0 Å². The van der Waals surface area contributed by atoms with Gasteiger partial charge in [0.05, 0.1) is 11.2 Å². The minimum atomic E-state index is -0.800. The van der Waals surface area contributed by atoms with Crippen molar-refractivity contribution in [1.82, 2.24) is 0 Å². The molecule has 0 amide bonds. The van der Waals surface area contributed by atoms with E-state index in [4.69, 9.17) is 19.6 Å². The summed E-state index contributed by atoms with van der Waals surface area (Å²) in [4.78, 5) is 23.8. The molecule has 4 heteroatoms. The molecule has 1 fully saturated rings. The standard InChI is InChI=1S/C21H42O4/c1-8-10-15-19(4,5)22-24-21(17-13-12-14-18(21)3)25-23-20(6,7)16-11-9-2/h18H,8-17H2,1-7H3. The third kappa shape index (κ3) is 7.94. The van der Waals surface area contributed by atoms with Crippen molar-refractivity contribution in [3.8, 4) is 0 Å². The van der Waals surface area contributed by atoms with Crippen LogP contribution >= 0.6 is 0 Å². The summed E-state index contributed by atoms with van der Waals surface area (Å²) < 4.78 is 0. The predicted octanol–water partition coefficient (Wildman–Crippen LogP) is 6.73. The quantitative estimate of drug-likeness (QED) is 0.220. The van der Waals surface area contributed by atoms with Crippen molar-refractivity contribution in [1.29, 1.82) is 0 Å². The average molecular weight is 359 g/mol. The minimum Gasteiger partial charge on any atom is -0.228 e. The van der Waals surface area contributed by atoms with Crippen molar-refractivity contribution in [2.45, 2.75) is 130 Å². The molecule has 1 aliphatic carbocycles. The molecule has 0 radical (unpaired) electrons. The maximum atomic E-state index is 6.00. The lowest BCUT2D eigenvalue weighted by molar-refractivity contribution is -0.557. The first-order valence-corrected chi connectivity index (χ1v) is 10.4. The molecule has 1 unspecified atom stereocenters. The maximum Gasteiger partial charge on any atom is 0.236 e. The molecule has 0 N–H and O–H groups in total. The summed E-state index contributed by atoms with van der Waals surface area (Å²) >= 11 is 0. The highest BCUT2D eigenvalue weighted by molar-refractivity contribution is 4.81. The van der Waals surface area contributed by atoms with Crippen LogP contribution in [0.4, 0.5) is 0 Å². The van der Waals surface area contributed by atoms with Crippen LogP contribution in [0.5, 0.6) is 0 Å². The smallest absolute Gasteiger partial charge is 0.228 e. The molecule has 1 saturated carbocycles. The van der Waals surface area contributed by atoms with E-state index in [1.807, 2.05) is 0 Å². The highest BCUT2D eigenvalue weighted by atomic mass is 17.3. The predicted molar refractivity (Wildman–Crippen MR) is 102 cm³/mol. The fraction of sp³-hybridized carbons (Fsp3) is 1.00. The molecule has 0 saturated heterocycles. The molecule has 0 aromatic heterocycles. The van der Waals surface area contributed by atoms with Crippen LogP contribution in [0.3, 0.4) is 0 Å². The van der Waals surface area contributed by atoms with Gasteiger partial charge in [-0.3, -0.25) is 0 Å². The lowest BCUT2D eigenvalue weighted by Gasteiger charge is -2.42. The van der Waals surface area contributed by atoms with E-state index >= 15 is 0 Å². The van der Waals surface area contributed by atoms with E-state index in [-0.39, 0.29) is 17.1 Å². The van der Waals surface area contributed by atoms with E-state index in [0.717, 1.165) is 57.8 Å². The summed E-state index contributed by atoms with van der Waals surface area (Å²) in [6.45, 7) is 14.9. The highest BCUT2D eigenvalue weighted by Crippen LogP contribution is 2.40. The van der Waals surface area contributed by atoms with Gasteiger partial charge in [-0.05, 0) is 53.4 Å². The number of rotatable bonds is 12. The average Bonchev–Trinajstić information content (AvgIpc) is 2.57. The first-order valence-electron chi connectivity index (χ1n) is 10.4. The van der Waals surface area contributed by atoms with E-state index in [9.17, 15) is 0 Å². The molecule has 0 spiro atoms. The van der Waals surface area contributed by atoms with E-state index < -0.39 is 5.79 Å². The van der Waals surface area contributed by atoms with Crippen LogP contribution in [-0.4, -0.2) is 17.0 Å². The Morgan fingerprint density at radius 3 is 1.72 bits per heavy atom. The zero-order valence-corrected chi connectivity index (χ0v) is 17.8. The Hall–Kier alpha value is -0.160. The molecule has 0 heterocycles. The van der Waals surface area contributed by atoms with Gasteiger partial charge in [0.2, 0.25) is 5.79 Å². The summed E-state index contributed by atoms with van der Waals surface area (Å²) in [5.41, 5.74) is -0.636. The molecule has 1 aliphatic rings.